The lowest BCUT2D eigenvalue weighted by molar-refractivity contribution is 0.358. The first-order chi connectivity index (χ1) is 7.55. The lowest BCUT2D eigenvalue weighted by Crippen LogP contribution is -2.45. The highest BCUT2D eigenvalue weighted by Gasteiger charge is 2.41. The van der Waals surface area contributed by atoms with Crippen molar-refractivity contribution >= 4 is 16.8 Å². The first-order valence-corrected chi connectivity index (χ1v) is 7.47. The van der Waals surface area contributed by atoms with Gasteiger partial charge in [0.1, 0.15) is 0 Å². The molecule has 0 aromatic heterocycles. The number of guanidine groups is 1. The maximum atomic E-state index is 11.7. The zero-order chi connectivity index (χ0) is 11.8. The lowest BCUT2D eigenvalue weighted by atomic mass is 9.84. The summed E-state index contributed by atoms with van der Waals surface area (Å²) in [6, 6.07) is 0.591. The molecule has 0 spiro atoms. The average molecular weight is 243 g/mol. The number of nitrogens with two attached hydrogens (primary N) is 1. The summed E-state index contributed by atoms with van der Waals surface area (Å²) in [5.74, 6) is 0.610. The van der Waals surface area contributed by atoms with Gasteiger partial charge in [0.2, 0.25) is 0 Å². The van der Waals surface area contributed by atoms with Gasteiger partial charge < -0.3 is 10.6 Å². The minimum Gasteiger partial charge on any atom is -0.370 e. The molecule has 2 N–H and O–H groups in total. The molecule has 5 heteroatoms. The SMILES string of the molecule is CN(C(N)=NCC1(S(C)=O)CCC1)C1CC1. The van der Waals surface area contributed by atoms with Gasteiger partial charge in [-0.3, -0.25) is 9.20 Å². The van der Waals surface area contributed by atoms with Gasteiger partial charge in [0.25, 0.3) is 0 Å². The molecule has 2 saturated carbocycles. The van der Waals surface area contributed by atoms with Crippen molar-refractivity contribution in [1.82, 2.24) is 4.90 Å². The Morgan fingerprint density at radius 2 is 2.19 bits per heavy atom. The Labute approximate surface area is 99.7 Å². The maximum absolute atomic E-state index is 11.7. The highest BCUT2D eigenvalue weighted by Crippen LogP contribution is 2.37. The summed E-state index contributed by atoms with van der Waals surface area (Å²) in [5.41, 5.74) is 5.92. The van der Waals surface area contributed by atoms with Crippen molar-refractivity contribution in [3.8, 4) is 0 Å². The highest BCUT2D eigenvalue weighted by atomic mass is 32.2. The Kier molecular flexibility index (Phi) is 3.24. The molecule has 1 atom stereocenters. The van der Waals surface area contributed by atoms with Gasteiger partial charge in [0, 0.05) is 30.1 Å². The normalized spacial score (nSPS) is 26.0. The van der Waals surface area contributed by atoms with Gasteiger partial charge in [-0.15, -0.1) is 0 Å². The predicted molar refractivity (Wildman–Crippen MR) is 67.9 cm³/mol. The minimum atomic E-state index is -0.788. The molecule has 0 saturated heterocycles. The number of aliphatic imine (C=N–C) groups is 1. The van der Waals surface area contributed by atoms with Crippen LogP contribution in [-0.4, -0.2) is 45.7 Å². The molecule has 0 heterocycles. The molecule has 16 heavy (non-hydrogen) atoms. The van der Waals surface area contributed by atoms with E-state index in [4.69, 9.17) is 5.73 Å². The second kappa shape index (κ2) is 4.35. The van der Waals surface area contributed by atoms with E-state index in [1.807, 2.05) is 11.9 Å². The van der Waals surface area contributed by atoms with Crippen molar-refractivity contribution in [1.29, 1.82) is 0 Å². The Morgan fingerprint density at radius 1 is 1.56 bits per heavy atom. The van der Waals surface area contributed by atoms with Gasteiger partial charge in [-0.1, -0.05) is 6.42 Å². The molecule has 2 aliphatic rings. The van der Waals surface area contributed by atoms with E-state index >= 15 is 0 Å². The molecule has 0 amide bonds. The van der Waals surface area contributed by atoms with Crippen molar-refractivity contribution in [2.45, 2.75) is 42.9 Å². The summed E-state index contributed by atoms with van der Waals surface area (Å²) < 4.78 is 11.6. The fourth-order valence-electron chi connectivity index (χ4n) is 2.09. The molecule has 92 valence electrons. The van der Waals surface area contributed by atoms with Gasteiger partial charge in [-0.05, 0) is 25.7 Å². The minimum absolute atomic E-state index is 0.0744. The summed E-state index contributed by atoms with van der Waals surface area (Å²) in [5, 5.41) is 0. The van der Waals surface area contributed by atoms with Crippen LogP contribution < -0.4 is 5.73 Å². The van der Waals surface area contributed by atoms with Gasteiger partial charge in [-0.2, -0.15) is 0 Å². The molecule has 1 unspecified atom stereocenters. The summed E-state index contributed by atoms with van der Waals surface area (Å²) in [6.07, 6.45) is 7.46. The third kappa shape index (κ3) is 2.24. The molecular formula is C11H21N3OS. The summed E-state index contributed by atoms with van der Waals surface area (Å²) in [6.45, 7) is 0.624. The number of hydrogen-bond donors (Lipinski definition) is 1. The standard InChI is InChI=1S/C11H21N3OS/c1-14(9-4-5-9)10(12)13-8-11(16(2)15)6-3-7-11/h9H,3-8H2,1-2H3,(H2,12,13). The third-order valence-electron chi connectivity index (χ3n) is 3.86. The lowest BCUT2D eigenvalue weighted by Gasteiger charge is -2.38. The smallest absolute Gasteiger partial charge is 0.191 e. The van der Waals surface area contributed by atoms with E-state index in [1.54, 1.807) is 6.26 Å². The van der Waals surface area contributed by atoms with Crippen molar-refractivity contribution in [2.24, 2.45) is 10.7 Å². The van der Waals surface area contributed by atoms with Crippen LogP contribution >= 0.6 is 0 Å². The quantitative estimate of drug-likeness (QED) is 0.584. The second-order valence-corrected chi connectivity index (χ2v) is 6.78. The highest BCUT2D eigenvalue weighted by molar-refractivity contribution is 7.85. The van der Waals surface area contributed by atoms with Gasteiger partial charge in [0.05, 0.1) is 11.3 Å². The van der Waals surface area contributed by atoms with Crippen molar-refractivity contribution in [3.05, 3.63) is 0 Å². The first kappa shape index (κ1) is 11.9. The Morgan fingerprint density at radius 3 is 2.56 bits per heavy atom. The Balaban J connectivity index is 1.93. The van der Waals surface area contributed by atoms with Crippen LogP contribution in [0.25, 0.3) is 0 Å². The molecule has 2 rings (SSSR count). The summed E-state index contributed by atoms with van der Waals surface area (Å²) in [4.78, 5) is 6.47. The van der Waals surface area contributed by atoms with Crippen LogP contribution in [0.3, 0.4) is 0 Å². The molecule has 2 fully saturated rings. The van der Waals surface area contributed by atoms with Crippen LogP contribution in [-0.2, 0) is 10.8 Å². The number of rotatable bonds is 4. The zero-order valence-electron chi connectivity index (χ0n) is 10.1. The van der Waals surface area contributed by atoms with Crippen LogP contribution in [0.5, 0.6) is 0 Å². The summed E-state index contributed by atoms with van der Waals surface area (Å²) >= 11 is 0. The molecule has 0 aromatic rings. The Bertz CT molecular complexity index is 321. The maximum Gasteiger partial charge on any atom is 0.191 e. The average Bonchev–Trinajstić information content (AvgIpc) is 2.97. The topological polar surface area (TPSA) is 58.7 Å². The molecule has 2 aliphatic carbocycles. The van der Waals surface area contributed by atoms with Gasteiger partial charge in [-0.25, -0.2) is 0 Å². The van der Waals surface area contributed by atoms with E-state index in [9.17, 15) is 4.21 Å². The second-order valence-electron chi connectivity index (χ2n) is 5.01. The van der Waals surface area contributed by atoms with Crippen LogP contribution in [0.2, 0.25) is 0 Å². The molecule has 0 radical (unpaired) electrons. The van der Waals surface area contributed by atoms with Crippen LogP contribution in [0.4, 0.5) is 0 Å². The number of nitrogens with zero attached hydrogens (tertiary/aromatic N) is 2. The van der Waals surface area contributed by atoms with E-state index < -0.39 is 10.8 Å². The summed E-state index contributed by atoms with van der Waals surface area (Å²) in [7, 11) is 1.20. The van der Waals surface area contributed by atoms with E-state index in [1.165, 1.54) is 19.3 Å². The predicted octanol–water partition coefficient (Wildman–Crippen LogP) is 0.696. The molecule has 0 bridgehead atoms. The van der Waals surface area contributed by atoms with Crippen LogP contribution in [0, 0.1) is 0 Å². The van der Waals surface area contributed by atoms with Crippen molar-refractivity contribution in [3.63, 3.8) is 0 Å². The molecule has 0 aliphatic heterocycles. The van der Waals surface area contributed by atoms with E-state index in [0.29, 0.717) is 18.5 Å². The van der Waals surface area contributed by atoms with Gasteiger partial charge in [0.15, 0.2) is 5.96 Å². The zero-order valence-corrected chi connectivity index (χ0v) is 10.9. The fraction of sp³-hybridized carbons (Fsp3) is 0.909. The van der Waals surface area contributed by atoms with Crippen LogP contribution in [0.1, 0.15) is 32.1 Å². The molecular weight excluding hydrogens is 222 g/mol. The monoisotopic (exact) mass is 243 g/mol. The van der Waals surface area contributed by atoms with Crippen molar-refractivity contribution in [2.75, 3.05) is 19.8 Å². The first-order valence-electron chi connectivity index (χ1n) is 5.91. The molecule has 4 nitrogen and oxygen atoms in total. The Hall–Kier alpha value is -0.580. The van der Waals surface area contributed by atoms with E-state index in [2.05, 4.69) is 4.99 Å². The van der Waals surface area contributed by atoms with Crippen molar-refractivity contribution < 1.29 is 4.21 Å². The number of hydrogen-bond acceptors (Lipinski definition) is 2. The van der Waals surface area contributed by atoms with E-state index in [0.717, 1.165) is 12.8 Å². The van der Waals surface area contributed by atoms with E-state index in [-0.39, 0.29) is 4.75 Å². The van der Waals surface area contributed by atoms with Crippen LogP contribution in [0.15, 0.2) is 4.99 Å². The van der Waals surface area contributed by atoms with Gasteiger partial charge >= 0.3 is 0 Å². The third-order valence-corrected chi connectivity index (χ3v) is 5.62. The largest absolute Gasteiger partial charge is 0.370 e. The fourth-order valence-corrected chi connectivity index (χ4v) is 3.20. The molecule has 0 aromatic carbocycles.